The summed E-state index contributed by atoms with van der Waals surface area (Å²) in [6.45, 7) is 3.01. The fourth-order valence-corrected chi connectivity index (χ4v) is 4.32. The van der Waals surface area contributed by atoms with Crippen molar-refractivity contribution < 1.29 is 14.7 Å². The van der Waals surface area contributed by atoms with Crippen LogP contribution in [0.1, 0.15) is 30.7 Å². The van der Waals surface area contributed by atoms with E-state index < -0.39 is 17.4 Å². The molecule has 0 saturated carbocycles. The summed E-state index contributed by atoms with van der Waals surface area (Å²) in [6, 6.07) is 10.3. The molecular weight excluding hydrogens is 344 g/mol. The largest absolute Gasteiger partial charge is 0.481 e. The predicted molar refractivity (Wildman–Crippen MR) is 98.9 cm³/mol. The maximum Gasteiger partial charge on any atom is 0.309 e. The molecule has 1 amide bonds. The van der Waals surface area contributed by atoms with Crippen LogP contribution in [0.25, 0.3) is 0 Å². The van der Waals surface area contributed by atoms with Gasteiger partial charge in [0.25, 0.3) is 0 Å². The van der Waals surface area contributed by atoms with Gasteiger partial charge in [0.2, 0.25) is 5.91 Å². The van der Waals surface area contributed by atoms with Crippen LogP contribution in [0.2, 0.25) is 0 Å². The SMILES string of the molecule is O=C1C[C@@H](C(=O)O)C2(CCN(Cc3nccn3Cc3ccccc3)CC2)N1. The molecule has 1 aromatic heterocycles. The minimum absolute atomic E-state index is 0.0941. The van der Waals surface area contributed by atoms with Crippen molar-refractivity contribution in [3.8, 4) is 0 Å². The summed E-state index contributed by atoms with van der Waals surface area (Å²) in [5.74, 6) is -0.637. The molecule has 0 bridgehead atoms. The number of imidazole rings is 1. The van der Waals surface area contributed by atoms with Gasteiger partial charge in [-0.15, -0.1) is 0 Å². The van der Waals surface area contributed by atoms with Crippen LogP contribution >= 0.6 is 0 Å². The fourth-order valence-electron chi connectivity index (χ4n) is 4.32. The molecule has 142 valence electrons. The van der Waals surface area contributed by atoms with E-state index in [9.17, 15) is 14.7 Å². The zero-order valence-electron chi connectivity index (χ0n) is 15.2. The number of aliphatic carboxylic acids is 1. The zero-order valence-corrected chi connectivity index (χ0v) is 15.2. The molecule has 2 saturated heterocycles. The van der Waals surface area contributed by atoms with Crippen molar-refractivity contribution in [2.45, 2.75) is 37.9 Å². The number of rotatable bonds is 5. The number of amides is 1. The van der Waals surface area contributed by atoms with E-state index in [1.807, 2.05) is 30.6 Å². The molecule has 0 aliphatic carbocycles. The summed E-state index contributed by atoms with van der Waals surface area (Å²) < 4.78 is 2.15. The molecule has 7 nitrogen and oxygen atoms in total. The highest BCUT2D eigenvalue weighted by atomic mass is 16.4. The molecule has 2 fully saturated rings. The van der Waals surface area contributed by atoms with Crippen LogP contribution in [-0.2, 0) is 22.7 Å². The second-order valence-corrected chi connectivity index (χ2v) is 7.53. The summed E-state index contributed by atoms with van der Waals surface area (Å²) in [5, 5.41) is 12.4. The summed E-state index contributed by atoms with van der Waals surface area (Å²) >= 11 is 0. The summed E-state index contributed by atoms with van der Waals surface area (Å²) in [6.07, 6.45) is 5.23. The minimum atomic E-state index is -0.875. The Morgan fingerprint density at radius 1 is 1.22 bits per heavy atom. The van der Waals surface area contributed by atoms with Gasteiger partial charge in [-0.25, -0.2) is 4.98 Å². The molecule has 1 spiro atoms. The second kappa shape index (κ2) is 7.15. The summed E-state index contributed by atoms with van der Waals surface area (Å²) in [5.41, 5.74) is 0.645. The van der Waals surface area contributed by atoms with E-state index in [0.29, 0.717) is 12.8 Å². The van der Waals surface area contributed by atoms with Crippen molar-refractivity contribution >= 4 is 11.9 Å². The highest BCUT2D eigenvalue weighted by Gasteiger charge is 2.51. The number of hydrogen-bond donors (Lipinski definition) is 2. The van der Waals surface area contributed by atoms with Crippen LogP contribution < -0.4 is 5.32 Å². The lowest BCUT2D eigenvalue weighted by atomic mass is 9.78. The van der Waals surface area contributed by atoms with E-state index >= 15 is 0 Å². The molecule has 27 heavy (non-hydrogen) atoms. The number of nitrogens with one attached hydrogen (secondary N) is 1. The first-order chi connectivity index (χ1) is 13.1. The summed E-state index contributed by atoms with van der Waals surface area (Å²) in [4.78, 5) is 30.1. The number of carboxylic acid groups (broad SMARTS) is 1. The molecule has 1 aromatic carbocycles. The van der Waals surface area contributed by atoms with Crippen molar-refractivity contribution in [1.82, 2.24) is 19.8 Å². The summed E-state index contributed by atoms with van der Waals surface area (Å²) in [7, 11) is 0. The fraction of sp³-hybridized carbons (Fsp3) is 0.450. The van der Waals surface area contributed by atoms with Crippen LogP contribution in [0.4, 0.5) is 0 Å². The first-order valence-corrected chi connectivity index (χ1v) is 9.36. The Kier molecular flexibility index (Phi) is 4.70. The molecule has 1 atom stereocenters. The van der Waals surface area contributed by atoms with Gasteiger partial charge in [0.15, 0.2) is 0 Å². The maximum absolute atomic E-state index is 11.8. The standard InChI is InChI=1S/C20H24N4O3/c25-18-12-16(19(26)27)20(22-18)6-9-23(10-7-20)14-17-21-8-11-24(17)13-15-4-2-1-3-5-15/h1-5,8,11,16H,6-7,9-10,12-14H2,(H,22,25)(H,26,27)/t16-/m0/s1. The third kappa shape index (κ3) is 3.60. The Morgan fingerprint density at radius 3 is 2.67 bits per heavy atom. The van der Waals surface area contributed by atoms with Gasteiger partial charge < -0.3 is 15.0 Å². The molecule has 7 heteroatoms. The molecule has 4 rings (SSSR count). The van der Waals surface area contributed by atoms with Gasteiger partial charge in [-0.3, -0.25) is 14.5 Å². The first-order valence-electron chi connectivity index (χ1n) is 9.36. The Balaban J connectivity index is 1.40. The zero-order chi connectivity index (χ0) is 18.9. The van der Waals surface area contributed by atoms with Crippen LogP contribution in [0.15, 0.2) is 42.7 Å². The van der Waals surface area contributed by atoms with Gasteiger partial charge in [-0.2, -0.15) is 0 Å². The van der Waals surface area contributed by atoms with E-state index in [4.69, 9.17) is 0 Å². The molecule has 2 aromatic rings. The maximum atomic E-state index is 11.8. The predicted octanol–water partition coefficient (Wildman–Crippen LogP) is 1.49. The minimum Gasteiger partial charge on any atom is -0.481 e. The lowest BCUT2D eigenvalue weighted by Crippen LogP contribution is -2.55. The van der Waals surface area contributed by atoms with Gasteiger partial charge in [-0.1, -0.05) is 30.3 Å². The van der Waals surface area contributed by atoms with Crippen LogP contribution in [0, 0.1) is 5.92 Å². The van der Waals surface area contributed by atoms with Crippen molar-refractivity contribution in [3.05, 3.63) is 54.1 Å². The number of benzene rings is 1. The van der Waals surface area contributed by atoms with Crippen molar-refractivity contribution in [1.29, 1.82) is 0 Å². The van der Waals surface area contributed by atoms with E-state index in [1.165, 1.54) is 5.56 Å². The van der Waals surface area contributed by atoms with Crippen molar-refractivity contribution in [2.24, 2.45) is 5.92 Å². The molecule has 0 radical (unpaired) electrons. The average molecular weight is 368 g/mol. The lowest BCUT2D eigenvalue weighted by Gasteiger charge is -2.41. The Bertz CT molecular complexity index is 825. The normalized spacial score (nSPS) is 22.1. The Morgan fingerprint density at radius 2 is 1.96 bits per heavy atom. The van der Waals surface area contributed by atoms with Crippen LogP contribution in [-0.4, -0.2) is 50.1 Å². The monoisotopic (exact) mass is 368 g/mol. The second-order valence-electron chi connectivity index (χ2n) is 7.53. The van der Waals surface area contributed by atoms with Gasteiger partial charge in [-0.05, 0) is 18.4 Å². The number of nitrogens with zero attached hydrogens (tertiary/aromatic N) is 3. The smallest absolute Gasteiger partial charge is 0.309 e. The van der Waals surface area contributed by atoms with E-state index in [0.717, 1.165) is 32.0 Å². The lowest BCUT2D eigenvalue weighted by molar-refractivity contribution is -0.144. The molecule has 2 aliphatic heterocycles. The number of piperidine rings is 1. The molecule has 2 aliphatic rings. The Labute approximate surface area is 158 Å². The average Bonchev–Trinajstić information content (AvgIpc) is 3.22. The Hall–Kier alpha value is -2.67. The molecular formula is C20H24N4O3. The first kappa shape index (κ1) is 17.7. The molecule has 2 N–H and O–H groups in total. The quantitative estimate of drug-likeness (QED) is 0.835. The van der Waals surface area contributed by atoms with Crippen LogP contribution in [0.5, 0.6) is 0 Å². The third-order valence-electron chi connectivity index (χ3n) is 5.85. The highest BCUT2D eigenvalue weighted by molar-refractivity contribution is 5.88. The third-order valence-corrected chi connectivity index (χ3v) is 5.85. The number of carboxylic acids is 1. The number of likely N-dealkylation sites (tertiary alicyclic amines) is 1. The number of carbonyl (C=O) groups is 2. The van der Waals surface area contributed by atoms with Crippen molar-refractivity contribution in [3.63, 3.8) is 0 Å². The number of carbonyl (C=O) groups excluding carboxylic acids is 1. The number of hydrogen-bond acceptors (Lipinski definition) is 4. The topological polar surface area (TPSA) is 87.5 Å². The van der Waals surface area contributed by atoms with Gasteiger partial charge in [0, 0.05) is 38.4 Å². The number of aromatic nitrogens is 2. The van der Waals surface area contributed by atoms with Crippen molar-refractivity contribution in [2.75, 3.05) is 13.1 Å². The van der Waals surface area contributed by atoms with Gasteiger partial charge >= 0.3 is 5.97 Å². The highest BCUT2D eigenvalue weighted by Crippen LogP contribution is 2.37. The van der Waals surface area contributed by atoms with Gasteiger partial charge in [0.05, 0.1) is 18.0 Å². The van der Waals surface area contributed by atoms with Crippen LogP contribution in [0.3, 0.4) is 0 Å². The molecule has 3 heterocycles. The van der Waals surface area contributed by atoms with E-state index in [2.05, 4.69) is 31.9 Å². The van der Waals surface area contributed by atoms with E-state index in [1.54, 1.807) is 0 Å². The van der Waals surface area contributed by atoms with E-state index in [-0.39, 0.29) is 12.3 Å². The van der Waals surface area contributed by atoms with Gasteiger partial charge in [0.1, 0.15) is 5.82 Å². The molecule has 0 unspecified atom stereocenters.